The van der Waals surface area contributed by atoms with E-state index in [0.717, 1.165) is 19.3 Å². The maximum absolute atomic E-state index is 12.4. The van der Waals surface area contributed by atoms with Crippen LogP contribution >= 0.6 is 0 Å². The van der Waals surface area contributed by atoms with E-state index < -0.39 is 5.54 Å². The number of nitrogens with zero attached hydrogens (tertiary/aromatic N) is 1. The highest BCUT2D eigenvalue weighted by Gasteiger charge is 2.33. The van der Waals surface area contributed by atoms with Gasteiger partial charge in [-0.05, 0) is 44.2 Å². The molecule has 0 atom stereocenters. The molecule has 0 spiro atoms. The molecule has 0 aromatic heterocycles. The molecule has 110 valence electrons. The Kier molecular flexibility index (Phi) is 4.48. The van der Waals surface area contributed by atoms with Gasteiger partial charge < -0.3 is 10.6 Å². The summed E-state index contributed by atoms with van der Waals surface area (Å²) in [5, 5.41) is 0. The maximum Gasteiger partial charge on any atom is 0.224 e. The molecule has 0 radical (unpaired) electrons. The number of rotatable bonds is 6. The van der Waals surface area contributed by atoms with Crippen LogP contribution in [-0.2, 0) is 17.8 Å². The fourth-order valence-corrected chi connectivity index (χ4v) is 2.38. The van der Waals surface area contributed by atoms with Crippen LogP contribution in [-0.4, -0.2) is 22.4 Å². The molecular formula is C17H26N2O. The lowest BCUT2D eigenvalue weighted by Crippen LogP contribution is -2.41. The number of hydrogen-bond donors (Lipinski definition) is 1. The molecule has 1 aromatic carbocycles. The molecule has 1 aliphatic carbocycles. The van der Waals surface area contributed by atoms with E-state index in [2.05, 4.69) is 31.2 Å². The van der Waals surface area contributed by atoms with Crippen molar-refractivity contribution < 1.29 is 4.79 Å². The van der Waals surface area contributed by atoms with Gasteiger partial charge in [0.15, 0.2) is 0 Å². The summed E-state index contributed by atoms with van der Waals surface area (Å²) in [7, 11) is 0. The zero-order valence-electron chi connectivity index (χ0n) is 12.9. The molecule has 3 nitrogen and oxygen atoms in total. The zero-order valence-corrected chi connectivity index (χ0v) is 12.9. The first-order valence-corrected chi connectivity index (χ1v) is 7.55. The second-order valence-electron chi connectivity index (χ2n) is 6.59. The highest BCUT2D eigenvalue weighted by molar-refractivity contribution is 5.78. The van der Waals surface area contributed by atoms with Gasteiger partial charge in [-0.3, -0.25) is 4.79 Å². The Labute approximate surface area is 122 Å². The molecule has 1 aromatic rings. The van der Waals surface area contributed by atoms with E-state index in [1.54, 1.807) is 0 Å². The Morgan fingerprint density at radius 3 is 2.25 bits per heavy atom. The zero-order chi connectivity index (χ0) is 14.8. The second kappa shape index (κ2) is 5.96. The van der Waals surface area contributed by atoms with Crippen molar-refractivity contribution in [3.63, 3.8) is 0 Å². The number of hydrogen-bond acceptors (Lipinski definition) is 2. The standard InChI is InChI=1S/C17H26N2O/c1-4-13-5-7-14(8-6-13)12-19(15-9-10-15)16(20)11-17(2,3)18/h5-8,15H,4,9-12,18H2,1-3H3. The summed E-state index contributed by atoms with van der Waals surface area (Å²) in [4.78, 5) is 14.4. The third-order valence-corrected chi connectivity index (χ3v) is 3.70. The normalized spacial score (nSPS) is 15.2. The molecule has 0 heterocycles. The van der Waals surface area contributed by atoms with Crippen LogP contribution in [0, 0.1) is 0 Å². The van der Waals surface area contributed by atoms with E-state index in [9.17, 15) is 4.79 Å². The summed E-state index contributed by atoms with van der Waals surface area (Å²) in [5.74, 6) is 0.180. The minimum Gasteiger partial charge on any atom is -0.335 e. The summed E-state index contributed by atoms with van der Waals surface area (Å²) >= 11 is 0. The minimum absolute atomic E-state index is 0.180. The highest BCUT2D eigenvalue weighted by Crippen LogP contribution is 2.29. The molecular weight excluding hydrogens is 248 g/mol. The Morgan fingerprint density at radius 1 is 1.25 bits per heavy atom. The van der Waals surface area contributed by atoms with Crippen molar-refractivity contribution in [2.75, 3.05) is 0 Å². The minimum atomic E-state index is -0.434. The molecule has 0 saturated heterocycles. The number of carbonyl (C=O) groups is 1. The van der Waals surface area contributed by atoms with Crippen LogP contribution in [0.25, 0.3) is 0 Å². The van der Waals surface area contributed by atoms with Crippen molar-refractivity contribution in [3.05, 3.63) is 35.4 Å². The van der Waals surface area contributed by atoms with Gasteiger partial charge >= 0.3 is 0 Å². The van der Waals surface area contributed by atoms with Gasteiger partial charge in [0.2, 0.25) is 5.91 Å². The van der Waals surface area contributed by atoms with Gasteiger partial charge in [0.25, 0.3) is 0 Å². The first-order chi connectivity index (χ1) is 9.39. The molecule has 3 heteroatoms. The van der Waals surface area contributed by atoms with Crippen LogP contribution in [0.5, 0.6) is 0 Å². The van der Waals surface area contributed by atoms with Crippen LogP contribution < -0.4 is 5.73 Å². The predicted octanol–water partition coefficient (Wildman–Crippen LogP) is 2.87. The molecule has 0 unspecified atom stereocenters. The van der Waals surface area contributed by atoms with Crippen LogP contribution in [0.1, 0.15) is 51.2 Å². The average molecular weight is 274 g/mol. The lowest BCUT2D eigenvalue weighted by atomic mass is 10.0. The average Bonchev–Trinajstić information content (AvgIpc) is 3.18. The summed E-state index contributed by atoms with van der Waals surface area (Å²) in [6.45, 7) is 6.68. The van der Waals surface area contributed by atoms with Crippen LogP contribution in [0.4, 0.5) is 0 Å². The summed E-state index contributed by atoms with van der Waals surface area (Å²) in [6.07, 6.45) is 3.72. The Bertz CT molecular complexity index is 455. The van der Waals surface area contributed by atoms with Gasteiger partial charge in [-0.25, -0.2) is 0 Å². The summed E-state index contributed by atoms with van der Waals surface area (Å²) in [6, 6.07) is 9.00. The topological polar surface area (TPSA) is 46.3 Å². The number of benzene rings is 1. The lowest BCUT2D eigenvalue weighted by molar-refractivity contribution is -0.133. The van der Waals surface area contributed by atoms with Crippen molar-refractivity contribution in [1.82, 2.24) is 4.90 Å². The highest BCUT2D eigenvalue weighted by atomic mass is 16.2. The molecule has 2 N–H and O–H groups in total. The van der Waals surface area contributed by atoms with Crippen LogP contribution in [0.3, 0.4) is 0 Å². The first-order valence-electron chi connectivity index (χ1n) is 7.55. The smallest absolute Gasteiger partial charge is 0.224 e. The monoisotopic (exact) mass is 274 g/mol. The fraction of sp³-hybridized carbons (Fsp3) is 0.588. The molecule has 1 fully saturated rings. The van der Waals surface area contributed by atoms with Gasteiger partial charge in [0, 0.05) is 24.5 Å². The van der Waals surface area contributed by atoms with E-state index in [1.807, 2.05) is 18.7 Å². The van der Waals surface area contributed by atoms with Gasteiger partial charge in [-0.1, -0.05) is 31.2 Å². The second-order valence-corrected chi connectivity index (χ2v) is 6.59. The molecule has 1 saturated carbocycles. The van der Waals surface area contributed by atoms with Crippen LogP contribution in [0.2, 0.25) is 0 Å². The largest absolute Gasteiger partial charge is 0.335 e. The molecule has 0 bridgehead atoms. The van der Waals surface area contributed by atoms with Crippen molar-refractivity contribution >= 4 is 5.91 Å². The van der Waals surface area contributed by atoms with Crippen LogP contribution in [0.15, 0.2) is 24.3 Å². The molecule has 2 rings (SSSR count). The summed E-state index contributed by atoms with van der Waals surface area (Å²) in [5.41, 5.74) is 8.08. The number of carbonyl (C=O) groups excluding carboxylic acids is 1. The Morgan fingerprint density at radius 2 is 1.80 bits per heavy atom. The quantitative estimate of drug-likeness (QED) is 0.867. The van der Waals surface area contributed by atoms with Gasteiger partial charge in [0.1, 0.15) is 0 Å². The molecule has 1 aliphatic rings. The first kappa shape index (κ1) is 15.0. The van der Waals surface area contributed by atoms with E-state index in [1.165, 1.54) is 11.1 Å². The number of nitrogens with two attached hydrogens (primary N) is 1. The third kappa shape index (κ3) is 4.34. The fourth-order valence-electron chi connectivity index (χ4n) is 2.38. The molecule has 0 aliphatic heterocycles. The SMILES string of the molecule is CCc1ccc(CN(C(=O)CC(C)(C)N)C2CC2)cc1. The van der Waals surface area contributed by atoms with Crippen molar-refractivity contribution in [2.24, 2.45) is 5.73 Å². The third-order valence-electron chi connectivity index (χ3n) is 3.70. The lowest BCUT2D eigenvalue weighted by Gasteiger charge is -2.27. The number of aryl methyl sites for hydroxylation is 1. The van der Waals surface area contributed by atoms with Gasteiger partial charge in [-0.2, -0.15) is 0 Å². The van der Waals surface area contributed by atoms with E-state index in [0.29, 0.717) is 19.0 Å². The van der Waals surface area contributed by atoms with E-state index >= 15 is 0 Å². The van der Waals surface area contributed by atoms with E-state index in [-0.39, 0.29) is 5.91 Å². The van der Waals surface area contributed by atoms with Crippen molar-refractivity contribution in [2.45, 2.75) is 64.6 Å². The molecule has 20 heavy (non-hydrogen) atoms. The Hall–Kier alpha value is -1.35. The van der Waals surface area contributed by atoms with Gasteiger partial charge in [0.05, 0.1) is 0 Å². The maximum atomic E-state index is 12.4. The van der Waals surface area contributed by atoms with Gasteiger partial charge in [-0.15, -0.1) is 0 Å². The Balaban J connectivity index is 2.03. The number of amides is 1. The van der Waals surface area contributed by atoms with Crippen molar-refractivity contribution in [3.8, 4) is 0 Å². The van der Waals surface area contributed by atoms with Crippen molar-refractivity contribution in [1.29, 1.82) is 0 Å². The predicted molar refractivity (Wildman–Crippen MR) is 82.3 cm³/mol. The van der Waals surface area contributed by atoms with E-state index in [4.69, 9.17) is 5.73 Å². The molecule has 1 amide bonds. The summed E-state index contributed by atoms with van der Waals surface area (Å²) < 4.78 is 0.